The van der Waals surface area contributed by atoms with Crippen molar-refractivity contribution >= 4 is 25.1 Å². The number of hydrogen-bond acceptors (Lipinski definition) is 5. The summed E-state index contributed by atoms with van der Waals surface area (Å²) < 4.78 is 57.7. The lowest BCUT2D eigenvalue weighted by Gasteiger charge is -2.19. The van der Waals surface area contributed by atoms with Gasteiger partial charge in [-0.2, -0.15) is 13.2 Å². The lowest BCUT2D eigenvalue weighted by atomic mass is 9.81. The molecule has 1 unspecified atom stereocenters. The van der Waals surface area contributed by atoms with Gasteiger partial charge in [-0.3, -0.25) is 4.79 Å². The molecule has 3 aromatic heterocycles. The van der Waals surface area contributed by atoms with Gasteiger partial charge in [-0.15, -0.1) is 0 Å². The molecule has 0 aliphatic heterocycles. The lowest BCUT2D eigenvalue weighted by molar-refractivity contribution is -0.137. The molecule has 2 radical (unpaired) electrons. The van der Waals surface area contributed by atoms with Crippen LogP contribution in [0.15, 0.2) is 79.4 Å². The summed E-state index contributed by atoms with van der Waals surface area (Å²) in [5.74, 6) is -2.75. The predicted octanol–water partition coefficient (Wildman–Crippen LogP) is 5.20. The van der Waals surface area contributed by atoms with Crippen molar-refractivity contribution in [3.8, 4) is 22.5 Å². The van der Waals surface area contributed by atoms with Gasteiger partial charge in [-0.1, -0.05) is 30.3 Å². The number of alkyl halides is 3. The number of carbonyl (C=O) groups excluding carboxylic acids is 1. The molecular formula is C27H18BF4N5O2. The highest BCUT2D eigenvalue weighted by molar-refractivity contribution is 6.14. The molecule has 0 saturated carbocycles. The van der Waals surface area contributed by atoms with E-state index in [0.29, 0.717) is 11.1 Å². The van der Waals surface area contributed by atoms with Crippen LogP contribution < -0.4 is 5.32 Å². The highest BCUT2D eigenvalue weighted by atomic mass is 19.4. The molecule has 7 nitrogen and oxygen atoms in total. The summed E-state index contributed by atoms with van der Waals surface area (Å²) in [6, 6.07) is 13.0. The Morgan fingerprint density at radius 1 is 1.00 bits per heavy atom. The summed E-state index contributed by atoms with van der Waals surface area (Å²) in [4.78, 5) is 25.4. The molecule has 5 aromatic rings. The molecule has 1 atom stereocenters. The molecule has 1 amide bonds. The largest absolute Gasteiger partial charge is 0.417 e. The molecule has 0 saturated heterocycles. The van der Waals surface area contributed by atoms with Gasteiger partial charge in [0, 0.05) is 29.7 Å². The molecule has 5 rings (SSSR count). The molecule has 194 valence electrons. The summed E-state index contributed by atoms with van der Waals surface area (Å²) in [6.45, 7) is 1.35. The van der Waals surface area contributed by atoms with Gasteiger partial charge in [0.25, 0.3) is 5.91 Å². The number of aromatic nitrogens is 4. The van der Waals surface area contributed by atoms with Gasteiger partial charge < -0.3 is 14.8 Å². The van der Waals surface area contributed by atoms with Crippen molar-refractivity contribution in [3.63, 3.8) is 0 Å². The molecule has 39 heavy (non-hydrogen) atoms. The van der Waals surface area contributed by atoms with E-state index in [1.165, 1.54) is 36.0 Å². The molecule has 0 aliphatic rings. The Hall–Kier alpha value is -4.58. The highest BCUT2D eigenvalue weighted by Gasteiger charge is 2.36. The number of nitrogens with zero attached hydrogens (tertiary/aromatic N) is 4. The summed E-state index contributed by atoms with van der Waals surface area (Å²) in [5.41, 5.74) is -2.66. The zero-order chi connectivity index (χ0) is 27.9. The first-order valence-electron chi connectivity index (χ1n) is 11.5. The summed E-state index contributed by atoms with van der Waals surface area (Å²) in [5, 5.41) is 13.0. The number of amides is 1. The first-order chi connectivity index (χ1) is 18.4. The van der Waals surface area contributed by atoms with E-state index in [1.54, 1.807) is 42.6 Å². The number of rotatable bonds is 5. The van der Waals surface area contributed by atoms with E-state index in [-0.39, 0.29) is 28.9 Å². The fraction of sp³-hybridized carbons (Fsp3) is 0.111. The minimum atomic E-state index is -4.93. The quantitative estimate of drug-likeness (QED) is 0.240. The van der Waals surface area contributed by atoms with Crippen molar-refractivity contribution in [3.05, 3.63) is 102 Å². The van der Waals surface area contributed by atoms with Crippen LogP contribution in [0.1, 0.15) is 28.5 Å². The number of pyridine rings is 1. The second-order valence-corrected chi connectivity index (χ2v) is 8.86. The maximum Gasteiger partial charge on any atom is 0.417 e. The van der Waals surface area contributed by atoms with Crippen LogP contribution in [0.4, 0.5) is 23.2 Å². The third kappa shape index (κ3) is 4.98. The van der Waals surface area contributed by atoms with Gasteiger partial charge in [0.15, 0.2) is 11.5 Å². The zero-order valence-corrected chi connectivity index (χ0v) is 20.2. The van der Waals surface area contributed by atoms with Crippen molar-refractivity contribution in [1.29, 1.82) is 0 Å². The number of carbonyl (C=O) groups is 1. The van der Waals surface area contributed by atoms with Gasteiger partial charge in [0.1, 0.15) is 13.7 Å². The number of aliphatic hydroxyl groups is 1. The number of fused-ring (bicyclic) bond motifs is 1. The second-order valence-electron chi connectivity index (χ2n) is 8.86. The monoisotopic (exact) mass is 531 g/mol. The fourth-order valence-electron chi connectivity index (χ4n) is 4.19. The highest BCUT2D eigenvalue weighted by Crippen LogP contribution is 2.38. The van der Waals surface area contributed by atoms with E-state index in [1.807, 2.05) is 0 Å². The predicted molar refractivity (Wildman–Crippen MR) is 136 cm³/mol. The van der Waals surface area contributed by atoms with E-state index in [4.69, 9.17) is 7.85 Å². The summed E-state index contributed by atoms with van der Waals surface area (Å²) in [6.07, 6.45) is 0.465. The normalized spacial score (nSPS) is 13.3. The van der Waals surface area contributed by atoms with Crippen molar-refractivity contribution < 1.29 is 27.5 Å². The molecule has 0 bridgehead atoms. The van der Waals surface area contributed by atoms with Crippen LogP contribution in [0, 0.1) is 5.82 Å². The van der Waals surface area contributed by atoms with Gasteiger partial charge in [-0.05, 0) is 36.8 Å². The third-order valence-corrected chi connectivity index (χ3v) is 5.99. The van der Waals surface area contributed by atoms with Crippen LogP contribution in [0.3, 0.4) is 0 Å². The maximum absolute atomic E-state index is 15.1. The van der Waals surface area contributed by atoms with Gasteiger partial charge >= 0.3 is 6.18 Å². The number of benzene rings is 2. The Labute approximate surface area is 220 Å². The first-order valence-corrected chi connectivity index (χ1v) is 11.5. The van der Waals surface area contributed by atoms with Gasteiger partial charge in [-0.25, -0.2) is 19.3 Å². The maximum atomic E-state index is 15.1. The average Bonchev–Trinajstić information content (AvgIpc) is 3.35. The first kappa shape index (κ1) is 26.0. The lowest BCUT2D eigenvalue weighted by Crippen LogP contribution is -2.23. The minimum Gasteiger partial charge on any atom is -0.394 e. The number of nitrogens with one attached hydrogen (secondary N) is 1. The Kier molecular flexibility index (Phi) is 6.43. The van der Waals surface area contributed by atoms with E-state index in [2.05, 4.69) is 20.3 Å². The minimum absolute atomic E-state index is 0.126. The van der Waals surface area contributed by atoms with Crippen LogP contribution in [-0.2, 0) is 11.7 Å². The fourth-order valence-corrected chi connectivity index (χ4v) is 4.19. The van der Waals surface area contributed by atoms with Crippen molar-refractivity contribution in [2.45, 2.75) is 18.6 Å². The summed E-state index contributed by atoms with van der Waals surface area (Å²) >= 11 is 0. The molecule has 3 heterocycles. The Morgan fingerprint density at radius 2 is 1.69 bits per heavy atom. The molecule has 0 fully saturated rings. The Morgan fingerprint density at radius 3 is 2.33 bits per heavy atom. The molecule has 0 aliphatic carbocycles. The zero-order valence-electron chi connectivity index (χ0n) is 20.2. The molecule has 12 heteroatoms. The van der Waals surface area contributed by atoms with Crippen molar-refractivity contribution in [1.82, 2.24) is 19.4 Å². The Balaban J connectivity index is 1.67. The van der Waals surface area contributed by atoms with Crippen LogP contribution >= 0.6 is 0 Å². The average molecular weight is 531 g/mol. The topological polar surface area (TPSA) is 92.4 Å². The van der Waals surface area contributed by atoms with Crippen LogP contribution in [0.5, 0.6) is 0 Å². The van der Waals surface area contributed by atoms with Crippen LogP contribution in [0.25, 0.3) is 28.2 Å². The van der Waals surface area contributed by atoms with Gasteiger partial charge in [0.05, 0.1) is 34.2 Å². The smallest absolute Gasteiger partial charge is 0.394 e. The molecular weight excluding hydrogens is 513 g/mol. The van der Waals surface area contributed by atoms with E-state index in [9.17, 15) is 23.1 Å². The number of hydrogen-bond donors (Lipinski definition) is 2. The molecule has 0 spiro atoms. The SMILES string of the molecule is [B]C(C)(O)c1cnc2c(NC(=O)c3cc(-c4ncccn4)c(C(F)(F)F)cc3F)c(-c3ccccc3)ccn12. The van der Waals surface area contributed by atoms with E-state index in [0.717, 1.165) is 6.07 Å². The second kappa shape index (κ2) is 9.62. The molecule has 2 aromatic carbocycles. The Bertz CT molecular complexity index is 1680. The standard InChI is InChI=1S/C27H18BF4N5O2/c1-26(28,39)21-14-35-24-22(16(8-11-37(21)24)15-6-3-2-4-7-15)36-25(38)18-12-17(23-33-9-5-10-34-23)19(13-20(18)29)27(30,31)32/h2-14,39H,1H3,(H,36,38). The van der Waals surface area contributed by atoms with Gasteiger partial charge in [0.2, 0.25) is 0 Å². The van der Waals surface area contributed by atoms with Crippen LogP contribution in [0.2, 0.25) is 0 Å². The number of imidazole rings is 1. The number of halogens is 4. The van der Waals surface area contributed by atoms with Crippen molar-refractivity contribution in [2.24, 2.45) is 0 Å². The van der Waals surface area contributed by atoms with E-state index >= 15 is 4.39 Å². The third-order valence-electron chi connectivity index (χ3n) is 5.99. The molecule has 2 N–H and O–H groups in total. The summed E-state index contributed by atoms with van der Waals surface area (Å²) in [7, 11) is 5.85. The van der Waals surface area contributed by atoms with E-state index < -0.39 is 40.1 Å². The van der Waals surface area contributed by atoms with Crippen LogP contribution in [-0.4, -0.2) is 38.2 Å². The number of anilines is 1. The van der Waals surface area contributed by atoms with Crippen molar-refractivity contribution in [2.75, 3.05) is 5.32 Å².